The average molecular weight is 153 g/mol. The summed E-state index contributed by atoms with van der Waals surface area (Å²) in [6, 6.07) is 0. The number of ether oxygens (including phenoxy) is 2. The second kappa shape index (κ2) is 5.85. The lowest BCUT2D eigenvalue weighted by Crippen LogP contribution is -1.99. The third kappa shape index (κ3) is 7.72. The highest BCUT2D eigenvalue weighted by atomic mass is 35.5. The zero-order valence-electron chi connectivity index (χ0n) is 5.22. The molecule has 0 N–H and O–H groups in total. The minimum atomic E-state index is -0.758. The van der Waals surface area contributed by atoms with E-state index in [2.05, 4.69) is 9.47 Å². The molecule has 0 aliphatic rings. The minimum absolute atomic E-state index is 0.330. The molecule has 0 aromatic carbocycles. The molecule has 0 aliphatic carbocycles. The van der Waals surface area contributed by atoms with Crippen molar-refractivity contribution in [3.05, 3.63) is 0 Å². The van der Waals surface area contributed by atoms with Crippen LogP contribution < -0.4 is 0 Å². The lowest BCUT2D eigenvalue weighted by Gasteiger charge is -1.97. The lowest BCUT2D eigenvalue weighted by atomic mass is 10.5. The van der Waals surface area contributed by atoms with E-state index in [4.69, 9.17) is 11.6 Å². The van der Waals surface area contributed by atoms with E-state index in [0.29, 0.717) is 19.6 Å². The second-order valence-corrected chi connectivity index (χ2v) is 1.74. The van der Waals surface area contributed by atoms with Gasteiger partial charge in [-0.3, -0.25) is 0 Å². The summed E-state index contributed by atoms with van der Waals surface area (Å²) in [5.74, 6) is 0. The molecule has 0 atom stereocenters. The number of methoxy groups -OCH3 is 1. The molecule has 0 unspecified atom stereocenters. The first-order valence-corrected chi connectivity index (χ1v) is 2.96. The van der Waals surface area contributed by atoms with Crippen molar-refractivity contribution in [3.8, 4) is 0 Å². The molecule has 0 aromatic heterocycles. The van der Waals surface area contributed by atoms with Gasteiger partial charge in [-0.15, -0.1) is 0 Å². The van der Waals surface area contributed by atoms with Gasteiger partial charge >= 0.3 is 5.43 Å². The summed E-state index contributed by atoms with van der Waals surface area (Å²) in [6.45, 7) is 0.917. The molecule has 0 radical (unpaired) electrons. The maximum absolute atomic E-state index is 9.91. The van der Waals surface area contributed by atoms with Gasteiger partial charge in [0, 0.05) is 31.7 Å². The fraction of sp³-hybridized carbons (Fsp3) is 0.800. The summed E-state index contributed by atoms with van der Waals surface area (Å²) < 4.78 is 9.08. The maximum Gasteiger partial charge on any atom is 0.403 e. The zero-order valence-corrected chi connectivity index (χ0v) is 5.98. The van der Waals surface area contributed by atoms with Crippen molar-refractivity contribution in [1.29, 1.82) is 0 Å². The highest BCUT2D eigenvalue weighted by Gasteiger charge is 1.92. The molecule has 4 heteroatoms. The third-order valence-electron chi connectivity index (χ3n) is 0.708. The van der Waals surface area contributed by atoms with Crippen LogP contribution in [0.5, 0.6) is 0 Å². The number of rotatable bonds is 4. The van der Waals surface area contributed by atoms with Gasteiger partial charge in [-0.1, -0.05) is 0 Å². The Bertz CT molecular complexity index is 84.3. The maximum atomic E-state index is 9.91. The molecular formula is C5H9ClO3. The second-order valence-electron chi connectivity index (χ2n) is 1.43. The monoisotopic (exact) mass is 152 g/mol. The van der Waals surface area contributed by atoms with Crippen LogP contribution in [-0.2, 0) is 9.47 Å². The third-order valence-corrected chi connectivity index (χ3v) is 0.817. The number of halogens is 1. The van der Waals surface area contributed by atoms with Gasteiger partial charge in [-0.2, -0.15) is 0 Å². The molecule has 9 heavy (non-hydrogen) atoms. The topological polar surface area (TPSA) is 35.5 Å². The van der Waals surface area contributed by atoms with E-state index in [1.54, 1.807) is 7.11 Å². The summed E-state index contributed by atoms with van der Waals surface area (Å²) >= 11 is 4.85. The van der Waals surface area contributed by atoms with Crippen LogP contribution in [0.25, 0.3) is 0 Å². The summed E-state index contributed by atoms with van der Waals surface area (Å²) in [6.07, 6.45) is 0.689. The lowest BCUT2D eigenvalue weighted by molar-refractivity contribution is 0.142. The Balaban J connectivity index is 2.83. The minimum Gasteiger partial charge on any atom is -0.454 e. The fourth-order valence-electron chi connectivity index (χ4n) is 0.356. The van der Waals surface area contributed by atoms with E-state index in [9.17, 15) is 4.79 Å². The van der Waals surface area contributed by atoms with Crippen LogP contribution in [0.2, 0.25) is 0 Å². The first kappa shape index (κ1) is 8.72. The number of carbonyl (C=O) groups excluding carboxylic acids is 1. The molecule has 3 nitrogen and oxygen atoms in total. The Hall–Kier alpha value is -0.280. The van der Waals surface area contributed by atoms with Gasteiger partial charge in [0.25, 0.3) is 0 Å². The van der Waals surface area contributed by atoms with Crippen LogP contribution in [0.4, 0.5) is 4.79 Å². The van der Waals surface area contributed by atoms with Gasteiger partial charge in [0.15, 0.2) is 0 Å². The van der Waals surface area contributed by atoms with E-state index >= 15 is 0 Å². The highest BCUT2D eigenvalue weighted by molar-refractivity contribution is 6.61. The van der Waals surface area contributed by atoms with Gasteiger partial charge in [0.1, 0.15) is 0 Å². The molecule has 0 aliphatic heterocycles. The molecular weight excluding hydrogens is 144 g/mol. The Labute approximate surface area is 58.9 Å². The SMILES string of the molecule is COCCCOC(=O)Cl. The van der Waals surface area contributed by atoms with E-state index in [1.807, 2.05) is 0 Å². The molecule has 0 bridgehead atoms. The first-order valence-electron chi connectivity index (χ1n) is 2.58. The predicted molar refractivity (Wildman–Crippen MR) is 33.7 cm³/mol. The Morgan fingerprint density at radius 2 is 2.22 bits per heavy atom. The number of carbonyl (C=O) groups is 1. The largest absolute Gasteiger partial charge is 0.454 e. The molecule has 0 heterocycles. The summed E-state index contributed by atoms with van der Waals surface area (Å²) in [5, 5.41) is 0. The molecule has 0 saturated carbocycles. The van der Waals surface area contributed by atoms with Gasteiger partial charge in [0.05, 0.1) is 6.61 Å². The van der Waals surface area contributed by atoms with Crippen LogP contribution in [0.15, 0.2) is 0 Å². The van der Waals surface area contributed by atoms with E-state index in [0.717, 1.165) is 0 Å². The van der Waals surface area contributed by atoms with Crippen LogP contribution in [0.1, 0.15) is 6.42 Å². The van der Waals surface area contributed by atoms with Crippen molar-refractivity contribution < 1.29 is 14.3 Å². The van der Waals surface area contributed by atoms with E-state index in [-0.39, 0.29) is 0 Å². The van der Waals surface area contributed by atoms with Crippen LogP contribution in [0, 0.1) is 0 Å². The first-order chi connectivity index (χ1) is 4.27. The van der Waals surface area contributed by atoms with Gasteiger partial charge in [-0.05, 0) is 0 Å². The predicted octanol–water partition coefficient (Wildman–Crippen LogP) is 1.40. The summed E-state index contributed by atoms with van der Waals surface area (Å²) in [5.41, 5.74) is -0.758. The molecule has 0 amide bonds. The Morgan fingerprint density at radius 3 is 2.67 bits per heavy atom. The van der Waals surface area contributed by atoms with Gasteiger partial charge in [-0.25, -0.2) is 4.79 Å². The molecule has 0 fully saturated rings. The van der Waals surface area contributed by atoms with Gasteiger partial charge < -0.3 is 9.47 Å². The van der Waals surface area contributed by atoms with Crippen LogP contribution >= 0.6 is 11.6 Å². The van der Waals surface area contributed by atoms with Gasteiger partial charge in [0.2, 0.25) is 0 Å². The van der Waals surface area contributed by atoms with Crippen molar-refractivity contribution in [2.75, 3.05) is 20.3 Å². The Morgan fingerprint density at radius 1 is 1.56 bits per heavy atom. The molecule has 0 aromatic rings. The standard InChI is InChI=1S/C5H9ClO3/c1-8-3-2-4-9-5(6)7/h2-4H2,1H3. The van der Waals surface area contributed by atoms with Crippen molar-refractivity contribution in [1.82, 2.24) is 0 Å². The normalized spacial score (nSPS) is 9.11. The van der Waals surface area contributed by atoms with E-state index < -0.39 is 5.43 Å². The smallest absolute Gasteiger partial charge is 0.403 e. The highest BCUT2D eigenvalue weighted by Crippen LogP contribution is 1.88. The Kier molecular flexibility index (Phi) is 5.67. The van der Waals surface area contributed by atoms with Crippen molar-refractivity contribution in [2.24, 2.45) is 0 Å². The quantitative estimate of drug-likeness (QED) is 0.451. The van der Waals surface area contributed by atoms with Crippen LogP contribution in [-0.4, -0.2) is 25.8 Å². The average Bonchev–Trinajstić information content (AvgIpc) is 1.80. The molecule has 0 saturated heterocycles. The van der Waals surface area contributed by atoms with E-state index in [1.165, 1.54) is 0 Å². The summed E-state index contributed by atoms with van der Waals surface area (Å²) in [4.78, 5) is 9.91. The number of hydrogen-bond acceptors (Lipinski definition) is 3. The zero-order chi connectivity index (χ0) is 7.11. The van der Waals surface area contributed by atoms with Crippen LogP contribution in [0.3, 0.4) is 0 Å². The molecule has 54 valence electrons. The molecule has 0 rings (SSSR count). The molecule has 0 spiro atoms. The number of hydrogen-bond donors (Lipinski definition) is 0. The van der Waals surface area contributed by atoms with Crippen molar-refractivity contribution in [2.45, 2.75) is 6.42 Å². The van der Waals surface area contributed by atoms with Crippen molar-refractivity contribution in [3.63, 3.8) is 0 Å². The summed E-state index contributed by atoms with van der Waals surface area (Å²) in [7, 11) is 1.59. The van der Waals surface area contributed by atoms with Crippen molar-refractivity contribution >= 4 is 17.0 Å². The fourth-order valence-corrected chi connectivity index (χ4v) is 0.433.